The van der Waals surface area contributed by atoms with Crippen molar-refractivity contribution in [3.63, 3.8) is 0 Å². The third-order valence-electron chi connectivity index (χ3n) is 1.88. The summed E-state index contributed by atoms with van der Waals surface area (Å²) in [4.78, 5) is 21.4. The van der Waals surface area contributed by atoms with Gasteiger partial charge in [0.2, 0.25) is 0 Å². The van der Waals surface area contributed by atoms with Crippen LogP contribution < -0.4 is 0 Å². The molecule has 1 aliphatic rings. The van der Waals surface area contributed by atoms with Crippen molar-refractivity contribution in [3.8, 4) is 0 Å². The highest BCUT2D eigenvalue weighted by Crippen LogP contribution is 2.16. The van der Waals surface area contributed by atoms with Gasteiger partial charge in [-0.15, -0.1) is 0 Å². The van der Waals surface area contributed by atoms with Crippen molar-refractivity contribution in [2.75, 3.05) is 0 Å². The monoisotopic (exact) mass is 194 g/mol. The van der Waals surface area contributed by atoms with Crippen LogP contribution in [0.2, 0.25) is 0 Å². The van der Waals surface area contributed by atoms with E-state index in [1.54, 1.807) is 12.2 Å². The van der Waals surface area contributed by atoms with E-state index in [1.807, 2.05) is 6.92 Å². The molecule has 0 atom stereocenters. The van der Waals surface area contributed by atoms with Gasteiger partial charge in [-0.3, -0.25) is 0 Å². The van der Waals surface area contributed by atoms with Crippen LogP contribution in [0.1, 0.15) is 6.92 Å². The summed E-state index contributed by atoms with van der Waals surface area (Å²) in [7, 11) is 0. The molecule has 0 aromatic rings. The molecule has 1 aliphatic carbocycles. The highest BCUT2D eigenvalue weighted by molar-refractivity contribution is 6.03. The minimum Gasteiger partial charge on any atom is -0.478 e. The predicted octanol–water partition coefficient (Wildman–Crippen LogP) is 1.21. The molecular weight excluding hydrogens is 184 g/mol. The van der Waals surface area contributed by atoms with Gasteiger partial charge < -0.3 is 10.2 Å². The summed E-state index contributed by atoms with van der Waals surface area (Å²) in [5.41, 5.74) is -0.365. The molecule has 0 aliphatic heterocycles. The topological polar surface area (TPSA) is 74.6 Å². The number of rotatable bonds is 2. The second-order valence-corrected chi connectivity index (χ2v) is 3.02. The van der Waals surface area contributed by atoms with Crippen molar-refractivity contribution in [3.05, 3.63) is 35.5 Å². The lowest BCUT2D eigenvalue weighted by Crippen LogP contribution is -2.07. The molecule has 74 valence electrons. The van der Waals surface area contributed by atoms with Crippen molar-refractivity contribution in [2.24, 2.45) is 5.92 Å². The van der Waals surface area contributed by atoms with Crippen LogP contribution in [0.25, 0.3) is 0 Å². The maximum absolute atomic E-state index is 10.7. The summed E-state index contributed by atoms with van der Waals surface area (Å²) < 4.78 is 0. The zero-order valence-corrected chi connectivity index (χ0v) is 7.60. The van der Waals surface area contributed by atoms with Crippen molar-refractivity contribution in [1.29, 1.82) is 0 Å². The number of hydrogen-bond donors (Lipinski definition) is 2. The fourth-order valence-electron chi connectivity index (χ4n) is 1.11. The van der Waals surface area contributed by atoms with Gasteiger partial charge in [0.05, 0.1) is 11.1 Å². The van der Waals surface area contributed by atoms with Crippen molar-refractivity contribution in [1.82, 2.24) is 0 Å². The van der Waals surface area contributed by atoms with Crippen LogP contribution in [0.4, 0.5) is 0 Å². The van der Waals surface area contributed by atoms with Crippen LogP contribution in [-0.2, 0) is 9.59 Å². The Labute approximate surface area is 80.9 Å². The SMILES string of the molecule is CC1C=CC(C(=O)O)=C(C(=O)O)C=C1. The number of hydrogen-bond acceptors (Lipinski definition) is 2. The number of carbonyl (C=O) groups is 2. The summed E-state index contributed by atoms with van der Waals surface area (Å²) in [6, 6.07) is 0. The summed E-state index contributed by atoms with van der Waals surface area (Å²) in [6.07, 6.45) is 5.96. The molecule has 1 rings (SSSR count). The average molecular weight is 194 g/mol. The molecule has 0 saturated carbocycles. The van der Waals surface area contributed by atoms with Crippen LogP contribution in [0, 0.1) is 5.92 Å². The molecule has 0 unspecified atom stereocenters. The highest BCUT2D eigenvalue weighted by atomic mass is 16.4. The quantitative estimate of drug-likeness (QED) is 0.692. The molecule has 0 aromatic heterocycles. The van der Waals surface area contributed by atoms with Crippen LogP contribution >= 0.6 is 0 Å². The summed E-state index contributed by atoms with van der Waals surface area (Å²) in [5.74, 6) is -2.41. The highest BCUT2D eigenvalue weighted by Gasteiger charge is 2.17. The third-order valence-corrected chi connectivity index (χ3v) is 1.88. The van der Waals surface area contributed by atoms with E-state index in [4.69, 9.17) is 10.2 Å². The van der Waals surface area contributed by atoms with E-state index in [0.29, 0.717) is 0 Å². The minimum atomic E-state index is -1.22. The van der Waals surface area contributed by atoms with E-state index in [2.05, 4.69) is 0 Å². The Morgan fingerprint density at radius 2 is 1.43 bits per heavy atom. The van der Waals surface area contributed by atoms with E-state index >= 15 is 0 Å². The number of aliphatic carboxylic acids is 2. The molecule has 0 aromatic carbocycles. The van der Waals surface area contributed by atoms with Gasteiger partial charge in [0.1, 0.15) is 0 Å². The Balaban J connectivity index is 3.24. The molecule has 4 heteroatoms. The largest absolute Gasteiger partial charge is 0.478 e. The summed E-state index contributed by atoms with van der Waals surface area (Å²) in [6.45, 7) is 1.84. The smallest absolute Gasteiger partial charge is 0.336 e. The third kappa shape index (κ3) is 2.10. The van der Waals surface area contributed by atoms with Gasteiger partial charge >= 0.3 is 11.9 Å². The average Bonchev–Trinajstić information content (AvgIpc) is 2.26. The van der Waals surface area contributed by atoms with E-state index < -0.39 is 11.9 Å². The molecule has 4 nitrogen and oxygen atoms in total. The molecule has 0 radical (unpaired) electrons. The van der Waals surface area contributed by atoms with Gasteiger partial charge in [-0.25, -0.2) is 9.59 Å². The Morgan fingerprint density at radius 3 is 1.71 bits per heavy atom. The lowest BCUT2D eigenvalue weighted by atomic mass is 10.1. The first-order valence-corrected chi connectivity index (χ1v) is 4.09. The minimum absolute atomic E-state index is 0.0428. The molecule has 0 spiro atoms. The zero-order valence-electron chi connectivity index (χ0n) is 7.60. The summed E-state index contributed by atoms with van der Waals surface area (Å²) in [5, 5.41) is 17.5. The molecule has 0 heterocycles. The number of carboxylic acid groups (broad SMARTS) is 2. The maximum atomic E-state index is 10.7. The normalized spacial score (nSPS) is 16.9. The van der Waals surface area contributed by atoms with Crippen LogP contribution in [0.3, 0.4) is 0 Å². The standard InChI is InChI=1S/C10H10O4/c1-6-2-4-7(9(11)12)8(5-3-6)10(13)14/h2-6H,1H3,(H,11,12)(H,13,14). The zero-order chi connectivity index (χ0) is 10.7. The van der Waals surface area contributed by atoms with Gasteiger partial charge in [-0.2, -0.15) is 0 Å². The first-order valence-electron chi connectivity index (χ1n) is 4.09. The number of carboxylic acids is 2. The second kappa shape index (κ2) is 3.91. The maximum Gasteiger partial charge on any atom is 0.336 e. The first kappa shape index (κ1) is 10.2. The van der Waals surface area contributed by atoms with Crippen LogP contribution in [0.5, 0.6) is 0 Å². The van der Waals surface area contributed by atoms with E-state index in [1.165, 1.54) is 12.2 Å². The van der Waals surface area contributed by atoms with Crippen LogP contribution in [-0.4, -0.2) is 22.2 Å². The number of allylic oxidation sites excluding steroid dienone is 2. The van der Waals surface area contributed by atoms with Gasteiger partial charge in [0.15, 0.2) is 0 Å². The van der Waals surface area contributed by atoms with Crippen LogP contribution in [0.15, 0.2) is 35.5 Å². The van der Waals surface area contributed by atoms with Gasteiger partial charge in [0.25, 0.3) is 0 Å². The first-order chi connectivity index (χ1) is 6.52. The molecule has 14 heavy (non-hydrogen) atoms. The van der Waals surface area contributed by atoms with Gasteiger partial charge in [0, 0.05) is 0 Å². The Morgan fingerprint density at radius 1 is 1.07 bits per heavy atom. The second-order valence-electron chi connectivity index (χ2n) is 3.02. The van der Waals surface area contributed by atoms with E-state index in [-0.39, 0.29) is 17.1 Å². The van der Waals surface area contributed by atoms with Gasteiger partial charge in [-0.05, 0) is 5.92 Å². The van der Waals surface area contributed by atoms with E-state index in [0.717, 1.165) is 0 Å². The molecule has 0 amide bonds. The molecular formula is C10H10O4. The lowest BCUT2D eigenvalue weighted by Gasteiger charge is -1.97. The fraction of sp³-hybridized carbons (Fsp3) is 0.200. The molecule has 2 N–H and O–H groups in total. The predicted molar refractivity (Wildman–Crippen MR) is 49.7 cm³/mol. The lowest BCUT2D eigenvalue weighted by molar-refractivity contribution is -0.135. The Bertz CT molecular complexity index is 326. The van der Waals surface area contributed by atoms with Gasteiger partial charge in [-0.1, -0.05) is 31.2 Å². The van der Waals surface area contributed by atoms with Crippen molar-refractivity contribution in [2.45, 2.75) is 6.92 Å². The Hall–Kier alpha value is -1.84. The fourth-order valence-corrected chi connectivity index (χ4v) is 1.11. The molecule has 0 saturated heterocycles. The Kier molecular flexibility index (Phi) is 2.86. The summed E-state index contributed by atoms with van der Waals surface area (Å²) >= 11 is 0. The van der Waals surface area contributed by atoms with E-state index in [9.17, 15) is 9.59 Å². The van der Waals surface area contributed by atoms with Crippen molar-refractivity contribution < 1.29 is 19.8 Å². The van der Waals surface area contributed by atoms with Crippen molar-refractivity contribution >= 4 is 11.9 Å². The molecule has 0 fully saturated rings. The molecule has 0 bridgehead atoms.